The van der Waals surface area contributed by atoms with Gasteiger partial charge in [-0.3, -0.25) is 4.57 Å². The summed E-state index contributed by atoms with van der Waals surface area (Å²) in [7, 11) is -0.668. The van der Waals surface area contributed by atoms with Crippen molar-refractivity contribution in [3.63, 3.8) is 0 Å². The largest absolute Gasteiger partial charge is 0.356 e. The van der Waals surface area contributed by atoms with E-state index in [0.29, 0.717) is 0 Å². The molecule has 0 aliphatic heterocycles. The van der Waals surface area contributed by atoms with Crippen molar-refractivity contribution < 1.29 is 13.6 Å². The molecule has 0 unspecified atom stereocenters. The van der Waals surface area contributed by atoms with Crippen LogP contribution in [0, 0.1) is 0 Å². The Morgan fingerprint density at radius 1 is 1.40 bits per heavy atom. The minimum atomic E-state index is -3.16. The molecule has 0 spiro atoms. The summed E-state index contributed by atoms with van der Waals surface area (Å²) in [6.45, 7) is 0. The van der Waals surface area contributed by atoms with Crippen LogP contribution in [-0.2, 0) is 13.6 Å². The zero-order valence-corrected chi connectivity index (χ0v) is 7.91. The summed E-state index contributed by atoms with van der Waals surface area (Å²) < 4.78 is 19.9. The molecule has 0 aromatic heterocycles. The highest BCUT2D eigenvalue weighted by atomic mass is 35.5. The number of rotatable bonds is 3. The summed E-state index contributed by atoms with van der Waals surface area (Å²) in [5.74, 6) is 1.02. The van der Waals surface area contributed by atoms with Gasteiger partial charge in [0.25, 0.3) is 0 Å². The van der Waals surface area contributed by atoms with Crippen molar-refractivity contribution in [2.75, 3.05) is 14.2 Å². The molecule has 0 aromatic rings. The Bertz CT molecular complexity index is 167. The second-order valence-electron chi connectivity index (χ2n) is 1.32. The van der Waals surface area contributed by atoms with Gasteiger partial charge in [0.2, 0.25) is 0 Å². The Balaban J connectivity index is 4.37. The van der Waals surface area contributed by atoms with Crippen molar-refractivity contribution in [1.82, 2.24) is 0 Å². The Kier molecular flexibility index (Phi) is 4.57. The van der Waals surface area contributed by atoms with E-state index in [4.69, 9.17) is 23.2 Å². The van der Waals surface area contributed by atoms with Gasteiger partial charge in [0.15, 0.2) is 0 Å². The summed E-state index contributed by atoms with van der Waals surface area (Å²) >= 11 is 10.4. The monoisotopic (exact) mass is 204 g/mol. The molecule has 0 atom stereocenters. The molecule has 0 fully saturated rings. The van der Waals surface area contributed by atoms with E-state index < -0.39 is 7.60 Å². The second-order valence-corrected chi connectivity index (χ2v) is 4.40. The average Bonchev–Trinajstić information content (AvgIpc) is 1.87. The van der Waals surface area contributed by atoms with Gasteiger partial charge in [-0.1, -0.05) is 23.2 Å². The summed E-state index contributed by atoms with van der Waals surface area (Å²) in [5, 5.41) is 0. The van der Waals surface area contributed by atoms with Crippen LogP contribution in [0.25, 0.3) is 0 Å². The maximum Gasteiger partial charge on any atom is 0.356 e. The summed E-state index contributed by atoms with van der Waals surface area (Å²) in [5.41, 5.74) is 0. The highest BCUT2D eigenvalue weighted by Crippen LogP contribution is 2.49. The number of halogens is 2. The molecule has 0 aromatic carbocycles. The molecule has 10 heavy (non-hydrogen) atoms. The van der Waals surface area contributed by atoms with Gasteiger partial charge in [0.05, 0.1) is 5.82 Å². The molecule has 0 N–H and O–H groups in total. The number of hydrogen-bond donors (Lipinski definition) is 0. The molecular formula is C4H7Cl2O3P. The van der Waals surface area contributed by atoms with Crippen molar-refractivity contribution >= 4 is 30.8 Å². The quantitative estimate of drug-likeness (QED) is 0.664. The molecule has 0 heterocycles. The van der Waals surface area contributed by atoms with Crippen LogP contribution in [0.3, 0.4) is 0 Å². The molecule has 0 saturated carbocycles. The first-order valence-corrected chi connectivity index (χ1v) is 4.66. The smallest absolute Gasteiger partial charge is 0.309 e. The predicted molar refractivity (Wildman–Crippen MR) is 41.4 cm³/mol. The first-order chi connectivity index (χ1) is 4.54. The van der Waals surface area contributed by atoms with Crippen molar-refractivity contribution in [3.8, 4) is 0 Å². The van der Waals surface area contributed by atoms with E-state index in [-0.39, 0.29) is 4.49 Å². The van der Waals surface area contributed by atoms with Crippen molar-refractivity contribution in [1.29, 1.82) is 0 Å². The lowest BCUT2D eigenvalue weighted by molar-refractivity contribution is 0.286. The van der Waals surface area contributed by atoms with E-state index in [0.717, 1.165) is 5.82 Å². The third-order valence-corrected chi connectivity index (χ3v) is 2.88. The van der Waals surface area contributed by atoms with Gasteiger partial charge < -0.3 is 9.05 Å². The SMILES string of the molecule is COP(=O)(C=C(Cl)Cl)OC. The van der Waals surface area contributed by atoms with Crippen LogP contribution < -0.4 is 0 Å². The second kappa shape index (κ2) is 4.37. The van der Waals surface area contributed by atoms with Crippen molar-refractivity contribution in [3.05, 3.63) is 10.3 Å². The lowest BCUT2D eigenvalue weighted by Gasteiger charge is -2.06. The molecule has 0 radical (unpaired) electrons. The van der Waals surface area contributed by atoms with E-state index in [1.54, 1.807) is 0 Å². The Labute approximate surface area is 69.4 Å². The Morgan fingerprint density at radius 2 is 1.80 bits per heavy atom. The third kappa shape index (κ3) is 3.59. The van der Waals surface area contributed by atoms with Crippen LogP contribution in [-0.4, -0.2) is 14.2 Å². The zero-order chi connectivity index (χ0) is 8.20. The van der Waals surface area contributed by atoms with Crippen LogP contribution in [0.1, 0.15) is 0 Å². The third-order valence-electron chi connectivity index (χ3n) is 0.765. The van der Waals surface area contributed by atoms with Crippen LogP contribution in [0.2, 0.25) is 0 Å². The summed E-state index contributed by atoms with van der Waals surface area (Å²) in [4.78, 5) is 0. The van der Waals surface area contributed by atoms with E-state index in [1.807, 2.05) is 0 Å². The fourth-order valence-electron chi connectivity index (χ4n) is 0.299. The maximum atomic E-state index is 11.1. The fraction of sp³-hybridized carbons (Fsp3) is 0.500. The van der Waals surface area contributed by atoms with Crippen molar-refractivity contribution in [2.45, 2.75) is 0 Å². The van der Waals surface area contributed by atoms with E-state index >= 15 is 0 Å². The minimum absolute atomic E-state index is 0.132. The van der Waals surface area contributed by atoms with E-state index in [2.05, 4.69) is 9.05 Å². The molecule has 0 aliphatic carbocycles. The van der Waals surface area contributed by atoms with Gasteiger partial charge in [0.1, 0.15) is 4.49 Å². The average molecular weight is 205 g/mol. The van der Waals surface area contributed by atoms with Gasteiger partial charge in [-0.25, -0.2) is 0 Å². The summed E-state index contributed by atoms with van der Waals surface area (Å²) in [6.07, 6.45) is 0. The van der Waals surface area contributed by atoms with Crippen LogP contribution >= 0.6 is 30.8 Å². The van der Waals surface area contributed by atoms with E-state index in [1.165, 1.54) is 14.2 Å². The first kappa shape index (κ1) is 10.5. The minimum Gasteiger partial charge on any atom is -0.309 e. The zero-order valence-electron chi connectivity index (χ0n) is 5.51. The van der Waals surface area contributed by atoms with Gasteiger partial charge in [0, 0.05) is 14.2 Å². The molecule has 60 valence electrons. The molecule has 0 rings (SSSR count). The summed E-state index contributed by atoms with van der Waals surface area (Å²) in [6, 6.07) is 0. The molecule has 0 saturated heterocycles. The van der Waals surface area contributed by atoms with Gasteiger partial charge in [-0.05, 0) is 0 Å². The lowest BCUT2D eigenvalue weighted by atomic mass is 11.2. The molecule has 0 amide bonds. The topological polar surface area (TPSA) is 35.5 Å². The van der Waals surface area contributed by atoms with Crippen LogP contribution in [0.5, 0.6) is 0 Å². The first-order valence-electron chi connectivity index (χ1n) is 2.29. The normalized spacial score (nSPS) is 11.2. The molecular weight excluding hydrogens is 198 g/mol. The predicted octanol–water partition coefficient (Wildman–Crippen LogP) is 2.75. The highest BCUT2D eigenvalue weighted by molar-refractivity contribution is 7.57. The Morgan fingerprint density at radius 3 is 1.90 bits per heavy atom. The molecule has 0 bridgehead atoms. The van der Waals surface area contributed by atoms with E-state index in [9.17, 15) is 4.57 Å². The fourth-order valence-corrected chi connectivity index (χ4v) is 1.62. The Hall–Kier alpha value is 0.470. The molecule has 0 aliphatic rings. The van der Waals surface area contributed by atoms with Gasteiger partial charge in [-0.2, -0.15) is 0 Å². The van der Waals surface area contributed by atoms with Gasteiger partial charge >= 0.3 is 7.60 Å². The standard InChI is InChI=1S/C4H7Cl2O3P/c1-8-10(7,9-2)3-4(5)6/h3H,1-2H3. The van der Waals surface area contributed by atoms with Gasteiger partial charge in [-0.15, -0.1) is 0 Å². The number of hydrogen-bond acceptors (Lipinski definition) is 3. The lowest BCUT2D eigenvalue weighted by Crippen LogP contribution is -1.82. The van der Waals surface area contributed by atoms with Crippen LogP contribution in [0.4, 0.5) is 0 Å². The maximum absolute atomic E-state index is 11.1. The molecule has 6 heteroatoms. The van der Waals surface area contributed by atoms with Crippen LogP contribution in [0.15, 0.2) is 10.3 Å². The molecule has 3 nitrogen and oxygen atoms in total. The highest BCUT2D eigenvalue weighted by Gasteiger charge is 2.17. The van der Waals surface area contributed by atoms with Crippen molar-refractivity contribution in [2.24, 2.45) is 0 Å².